The lowest BCUT2D eigenvalue weighted by Gasteiger charge is -2.20. The highest BCUT2D eigenvalue weighted by Gasteiger charge is 2.17. The van der Waals surface area contributed by atoms with Crippen LogP contribution in [0.2, 0.25) is 0 Å². The van der Waals surface area contributed by atoms with Crippen LogP contribution in [0.15, 0.2) is 48.6 Å². The second kappa shape index (κ2) is 19.0. The number of carbonyl (C=O) groups excluding carboxylic acids is 2. The van der Waals surface area contributed by atoms with Gasteiger partial charge in [0.2, 0.25) is 0 Å². The van der Waals surface area contributed by atoms with Crippen molar-refractivity contribution >= 4 is 11.9 Å². The summed E-state index contributed by atoms with van der Waals surface area (Å²) in [6.45, 7) is 26.9. The molecular weight excluding hydrogens is 685 g/mol. The van der Waals surface area contributed by atoms with Crippen LogP contribution in [0.4, 0.5) is 0 Å². The van der Waals surface area contributed by atoms with Gasteiger partial charge in [0.05, 0.1) is 36.0 Å². The van der Waals surface area contributed by atoms with E-state index in [4.69, 9.17) is 29.9 Å². The number of esters is 2. The Morgan fingerprint density at radius 3 is 1.09 bits per heavy atom. The number of aromatic nitrogens is 8. The van der Waals surface area contributed by atoms with Crippen LogP contribution in [0.1, 0.15) is 85.1 Å². The SMILES string of the molecule is C=C(C)C(=O)OCCCN1Cc2cc(C)n(n2)CCCn2nc(cc2C)CN(CCCOC(=O)C(=C)C)Cc2cc(C)n(n2)CCCn2nc(cc2C)C1. The Kier molecular flexibility index (Phi) is 14.2. The molecule has 0 saturated heterocycles. The van der Waals surface area contributed by atoms with E-state index in [0.717, 1.165) is 97.7 Å². The van der Waals surface area contributed by atoms with Gasteiger partial charge in [0, 0.05) is 99.4 Å². The monoisotopic (exact) mass is 742 g/mol. The van der Waals surface area contributed by atoms with E-state index >= 15 is 0 Å². The van der Waals surface area contributed by atoms with E-state index < -0.39 is 0 Å². The molecule has 5 rings (SSSR count). The molecule has 0 radical (unpaired) electrons. The van der Waals surface area contributed by atoms with Crippen molar-refractivity contribution in [2.24, 2.45) is 0 Å². The molecule has 0 aromatic carbocycles. The lowest BCUT2D eigenvalue weighted by atomic mass is 10.2. The van der Waals surface area contributed by atoms with Crippen molar-refractivity contribution < 1.29 is 19.1 Å². The Hall–Kier alpha value is -4.82. The van der Waals surface area contributed by atoms with Crippen molar-refractivity contribution in [2.75, 3.05) is 26.3 Å². The predicted molar refractivity (Wildman–Crippen MR) is 206 cm³/mol. The molecule has 5 heterocycles. The Balaban J connectivity index is 1.34. The van der Waals surface area contributed by atoms with Gasteiger partial charge in [-0.3, -0.25) is 28.5 Å². The number of ether oxygens (including phenoxy) is 2. The van der Waals surface area contributed by atoms with E-state index in [0.29, 0.717) is 63.4 Å². The zero-order valence-electron chi connectivity index (χ0n) is 33.1. The third-order valence-corrected chi connectivity index (χ3v) is 9.55. The maximum absolute atomic E-state index is 12.0. The van der Waals surface area contributed by atoms with Crippen LogP contribution in [-0.2, 0) is 71.4 Å². The van der Waals surface area contributed by atoms with Crippen LogP contribution in [0.25, 0.3) is 0 Å². The van der Waals surface area contributed by atoms with E-state index in [2.05, 4.69) is 93.6 Å². The molecule has 4 aromatic rings. The second-order valence-electron chi connectivity index (χ2n) is 14.7. The quantitative estimate of drug-likeness (QED) is 0.121. The molecule has 8 bridgehead atoms. The number of fused-ring (bicyclic) bond motifs is 8. The molecule has 0 N–H and O–H groups in total. The van der Waals surface area contributed by atoms with Gasteiger partial charge in [-0.2, -0.15) is 20.4 Å². The molecule has 54 heavy (non-hydrogen) atoms. The van der Waals surface area contributed by atoms with Crippen LogP contribution in [0.3, 0.4) is 0 Å². The smallest absolute Gasteiger partial charge is 0.333 e. The number of carbonyl (C=O) groups is 2. The number of aryl methyl sites for hydroxylation is 8. The zero-order valence-corrected chi connectivity index (χ0v) is 33.1. The maximum Gasteiger partial charge on any atom is 0.333 e. The Bertz CT molecular complexity index is 1680. The molecule has 0 fully saturated rings. The van der Waals surface area contributed by atoms with Gasteiger partial charge in [-0.05, 0) is 91.5 Å². The normalized spacial score (nSPS) is 15.1. The molecule has 0 spiro atoms. The molecule has 1 aliphatic rings. The fourth-order valence-corrected chi connectivity index (χ4v) is 6.77. The highest BCUT2D eigenvalue weighted by atomic mass is 16.5. The van der Waals surface area contributed by atoms with E-state index in [-0.39, 0.29) is 11.9 Å². The van der Waals surface area contributed by atoms with E-state index in [1.165, 1.54) is 0 Å². The summed E-state index contributed by atoms with van der Waals surface area (Å²) in [5.74, 6) is -0.716. The summed E-state index contributed by atoms with van der Waals surface area (Å²) in [5, 5.41) is 20.0. The number of hydrogen-bond donors (Lipinski definition) is 0. The Labute approximate surface area is 319 Å². The third kappa shape index (κ3) is 11.6. The Morgan fingerprint density at radius 1 is 0.556 bits per heavy atom. The summed E-state index contributed by atoms with van der Waals surface area (Å²) in [7, 11) is 0. The van der Waals surface area contributed by atoms with Crippen LogP contribution >= 0.6 is 0 Å². The molecule has 1 aliphatic heterocycles. The van der Waals surface area contributed by atoms with Crippen molar-refractivity contribution in [3.8, 4) is 0 Å². The predicted octanol–water partition coefficient (Wildman–Crippen LogP) is 5.22. The van der Waals surface area contributed by atoms with E-state index in [9.17, 15) is 9.59 Å². The minimum absolute atomic E-state index is 0.331. The Morgan fingerprint density at radius 2 is 0.833 bits per heavy atom. The second-order valence-corrected chi connectivity index (χ2v) is 14.7. The molecule has 0 saturated carbocycles. The minimum atomic E-state index is -0.358. The molecule has 0 unspecified atom stereocenters. The van der Waals surface area contributed by atoms with Crippen molar-refractivity contribution in [1.82, 2.24) is 48.9 Å². The number of nitrogens with zero attached hydrogens (tertiary/aromatic N) is 10. The zero-order chi connectivity index (χ0) is 38.8. The maximum atomic E-state index is 12.0. The van der Waals surface area contributed by atoms with Crippen molar-refractivity contribution in [2.45, 2.75) is 120 Å². The fourth-order valence-electron chi connectivity index (χ4n) is 6.77. The fraction of sp³-hybridized carbons (Fsp3) is 0.550. The largest absolute Gasteiger partial charge is 0.462 e. The molecule has 0 aliphatic carbocycles. The summed E-state index contributed by atoms with van der Waals surface area (Å²) in [5.41, 5.74) is 9.27. The molecule has 14 nitrogen and oxygen atoms in total. The van der Waals surface area contributed by atoms with Gasteiger partial charge in [-0.15, -0.1) is 0 Å². The summed E-state index contributed by atoms with van der Waals surface area (Å²) in [4.78, 5) is 28.6. The molecule has 14 heteroatoms. The lowest BCUT2D eigenvalue weighted by Crippen LogP contribution is -2.26. The van der Waals surface area contributed by atoms with Gasteiger partial charge in [-0.1, -0.05) is 13.2 Å². The first-order valence-electron chi connectivity index (χ1n) is 19.1. The van der Waals surface area contributed by atoms with Crippen molar-refractivity contribution in [3.05, 3.63) is 94.1 Å². The van der Waals surface area contributed by atoms with Crippen LogP contribution in [-0.4, -0.2) is 87.2 Å². The molecule has 0 atom stereocenters. The number of hydrogen-bond acceptors (Lipinski definition) is 10. The van der Waals surface area contributed by atoms with Crippen LogP contribution < -0.4 is 0 Å². The highest BCUT2D eigenvalue weighted by Crippen LogP contribution is 2.16. The van der Waals surface area contributed by atoms with Gasteiger partial charge >= 0.3 is 11.9 Å². The average molecular weight is 743 g/mol. The van der Waals surface area contributed by atoms with Crippen molar-refractivity contribution in [3.63, 3.8) is 0 Å². The molecule has 0 amide bonds. The van der Waals surface area contributed by atoms with E-state index in [1.54, 1.807) is 13.8 Å². The van der Waals surface area contributed by atoms with Crippen molar-refractivity contribution in [1.29, 1.82) is 0 Å². The standard InChI is InChI=1S/C40H58N10O4/c1-29(2)39(51)53-19-11-13-45-25-35-21-31(5)47(41-35)15-9-17-49-33(7)23-37(43-49)27-46(14-12-20-54-40(52)30(3)4)28-38-24-34(8)50(44-38)18-10-16-48-32(6)22-36(26-45)42-48/h21-24H,1,3,9-20,25-28H2,2,4-8H3. The molecule has 4 aromatic heterocycles. The summed E-state index contributed by atoms with van der Waals surface area (Å²) < 4.78 is 19.1. The minimum Gasteiger partial charge on any atom is -0.462 e. The first-order valence-corrected chi connectivity index (χ1v) is 19.1. The van der Waals surface area contributed by atoms with Gasteiger partial charge in [0.15, 0.2) is 0 Å². The summed E-state index contributed by atoms with van der Waals surface area (Å²) in [6, 6.07) is 8.64. The van der Waals surface area contributed by atoms with E-state index in [1.807, 2.05) is 0 Å². The number of rotatable bonds is 10. The van der Waals surface area contributed by atoms with Gasteiger partial charge in [0.25, 0.3) is 0 Å². The van der Waals surface area contributed by atoms with Crippen LogP contribution in [0.5, 0.6) is 0 Å². The first kappa shape index (κ1) is 40.4. The van der Waals surface area contributed by atoms with Gasteiger partial charge in [0.1, 0.15) is 0 Å². The average Bonchev–Trinajstić information content (AvgIpc) is 3.85. The first-order chi connectivity index (χ1) is 25.8. The summed E-state index contributed by atoms with van der Waals surface area (Å²) in [6.07, 6.45) is 3.15. The van der Waals surface area contributed by atoms with Gasteiger partial charge < -0.3 is 9.47 Å². The van der Waals surface area contributed by atoms with Gasteiger partial charge in [-0.25, -0.2) is 9.59 Å². The van der Waals surface area contributed by atoms with Crippen LogP contribution in [0, 0.1) is 27.7 Å². The molecule has 292 valence electrons. The highest BCUT2D eigenvalue weighted by molar-refractivity contribution is 5.87. The molecular formula is C40H58N10O4. The lowest BCUT2D eigenvalue weighted by molar-refractivity contribution is -0.140. The summed E-state index contributed by atoms with van der Waals surface area (Å²) >= 11 is 0. The topological polar surface area (TPSA) is 130 Å². The third-order valence-electron chi connectivity index (χ3n) is 9.55.